The van der Waals surface area contributed by atoms with Crippen molar-refractivity contribution in [2.75, 3.05) is 13.2 Å². The van der Waals surface area contributed by atoms with Crippen molar-refractivity contribution in [2.45, 2.75) is 32.6 Å². The summed E-state index contributed by atoms with van der Waals surface area (Å²) in [4.78, 5) is 19.2. The molecule has 1 aromatic heterocycles. The van der Waals surface area contributed by atoms with Gasteiger partial charge in [-0.3, -0.25) is 9.69 Å². The van der Waals surface area contributed by atoms with Gasteiger partial charge < -0.3 is 14.8 Å². The van der Waals surface area contributed by atoms with Gasteiger partial charge in [-0.2, -0.15) is 13.2 Å². The van der Waals surface area contributed by atoms with Gasteiger partial charge in [0, 0.05) is 25.2 Å². The maximum absolute atomic E-state index is 12.9. The van der Waals surface area contributed by atoms with Gasteiger partial charge in [0.1, 0.15) is 0 Å². The van der Waals surface area contributed by atoms with E-state index in [4.69, 9.17) is 4.74 Å². The summed E-state index contributed by atoms with van der Waals surface area (Å²) < 4.78 is 43.9. The number of aromatic amines is 1. The van der Waals surface area contributed by atoms with Crippen LogP contribution in [0.2, 0.25) is 0 Å². The molecule has 2 N–H and O–H groups in total. The fraction of sp³-hybridized carbons (Fsp3) is 0.412. The molecule has 0 unspecified atom stereocenters. The van der Waals surface area contributed by atoms with Gasteiger partial charge in [0.2, 0.25) is 5.82 Å². The Bertz CT molecular complexity index is 865. The molecule has 6 nitrogen and oxygen atoms in total. The lowest BCUT2D eigenvalue weighted by Gasteiger charge is -2.28. The van der Waals surface area contributed by atoms with Gasteiger partial charge in [-0.25, -0.2) is 4.98 Å². The van der Waals surface area contributed by atoms with Gasteiger partial charge >= 0.3 is 6.18 Å². The number of nitrogens with zero attached hydrogens (tertiary/aromatic N) is 2. The van der Waals surface area contributed by atoms with Crippen molar-refractivity contribution in [2.24, 2.45) is 0 Å². The van der Waals surface area contributed by atoms with Crippen molar-refractivity contribution >= 4 is 0 Å². The highest BCUT2D eigenvalue weighted by Gasteiger charge is 2.36. The minimum absolute atomic E-state index is 0.0302. The van der Waals surface area contributed by atoms with E-state index in [9.17, 15) is 23.1 Å². The first-order valence-corrected chi connectivity index (χ1v) is 8.14. The lowest BCUT2D eigenvalue weighted by molar-refractivity contribution is -0.145. The Labute approximate surface area is 147 Å². The van der Waals surface area contributed by atoms with Crippen molar-refractivity contribution in [3.8, 4) is 11.5 Å². The van der Waals surface area contributed by atoms with E-state index in [2.05, 4.69) is 4.98 Å². The van der Waals surface area contributed by atoms with Crippen LogP contribution in [0.5, 0.6) is 11.5 Å². The quantitative estimate of drug-likeness (QED) is 0.866. The van der Waals surface area contributed by atoms with Crippen LogP contribution in [0.1, 0.15) is 29.6 Å². The van der Waals surface area contributed by atoms with Crippen LogP contribution in [0.25, 0.3) is 0 Å². The Kier molecular flexibility index (Phi) is 4.90. The van der Waals surface area contributed by atoms with E-state index in [1.54, 1.807) is 19.1 Å². The molecule has 0 aliphatic carbocycles. The molecule has 0 saturated carbocycles. The van der Waals surface area contributed by atoms with Crippen molar-refractivity contribution in [1.82, 2.24) is 14.9 Å². The molecule has 9 heteroatoms. The molecule has 0 radical (unpaired) electrons. The Morgan fingerprint density at radius 1 is 1.38 bits per heavy atom. The number of alkyl halides is 3. The van der Waals surface area contributed by atoms with E-state index in [1.165, 1.54) is 6.07 Å². The third kappa shape index (κ3) is 3.82. The third-order valence-corrected chi connectivity index (χ3v) is 4.15. The molecule has 0 spiro atoms. The predicted molar refractivity (Wildman–Crippen MR) is 87.0 cm³/mol. The minimum atomic E-state index is -4.69. The first-order chi connectivity index (χ1) is 12.3. The Morgan fingerprint density at radius 2 is 2.15 bits per heavy atom. The number of hydrogen-bond donors (Lipinski definition) is 2. The standard InChI is InChI=1S/C17H18F3N3O3/c1-2-26-14-7-10(3-4-13(14)24)8-23-6-5-11-12(9-23)21-16(17(18,19)20)22-15(11)25/h3-4,7,24H,2,5-6,8-9H2,1H3,(H,21,22,25). The van der Waals surface area contributed by atoms with E-state index in [1.807, 2.05) is 9.88 Å². The number of rotatable bonds is 4. The molecule has 0 saturated heterocycles. The van der Waals surface area contributed by atoms with Crippen molar-refractivity contribution in [1.29, 1.82) is 0 Å². The Hall–Kier alpha value is -2.55. The summed E-state index contributed by atoms with van der Waals surface area (Å²) >= 11 is 0. The summed E-state index contributed by atoms with van der Waals surface area (Å²) in [5.41, 5.74) is 0.562. The average Bonchev–Trinajstić information content (AvgIpc) is 2.57. The topological polar surface area (TPSA) is 78.5 Å². The van der Waals surface area contributed by atoms with Crippen LogP contribution in [0.15, 0.2) is 23.0 Å². The number of aromatic nitrogens is 2. The molecule has 26 heavy (non-hydrogen) atoms. The molecule has 1 aliphatic heterocycles. The molecule has 2 heterocycles. The summed E-state index contributed by atoms with van der Waals surface area (Å²) in [6.45, 7) is 3.31. The normalized spacial score (nSPS) is 14.9. The third-order valence-electron chi connectivity index (χ3n) is 4.15. The van der Waals surface area contributed by atoms with E-state index < -0.39 is 17.6 Å². The van der Waals surface area contributed by atoms with Crippen LogP contribution in [-0.4, -0.2) is 33.1 Å². The fourth-order valence-electron chi connectivity index (χ4n) is 2.95. The van der Waals surface area contributed by atoms with Crippen molar-refractivity contribution in [3.63, 3.8) is 0 Å². The molecule has 0 amide bonds. The first-order valence-electron chi connectivity index (χ1n) is 8.14. The number of H-pyrrole nitrogens is 1. The number of hydrogen-bond acceptors (Lipinski definition) is 5. The molecule has 2 aromatic rings. The second-order valence-corrected chi connectivity index (χ2v) is 6.03. The highest BCUT2D eigenvalue weighted by Crippen LogP contribution is 2.29. The van der Waals surface area contributed by atoms with E-state index in [0.29, 0.717) is 37.4 Å². The molecule has 0 bridgehead atoms. The highest BCUT2D eigenvalue weighted by molar-refractivity contribution is 5.41. The van der Waals surface area contributed by atoms with Gasteiger partial charge in [-0.1, -0.05) is 6.07 Å². The van der Waals surface area contributed by atoms with Gasteiger partial charge in [0.25, 0.3) is 5.56 Å². The van der Waals surface area contributed by atoms with Crippen LogP contribution < -0.4 is 10.3 Å². The summed E-state index contributed by atoms with van der Waals surface area (Å²) in [6, 6.07) is 4.93. The predicted octanol–water partition coefficient (Wildman–Crippen LogP) is 2.45. The van der Waals surface area contributed by atoms with Gasteiger partial charge in [-0.05, 0) is 31.0 Å². The van der Waals surface area contributed by atoms with Crippen LogP contribution in [-0.2, 0) is 25.7 Å². The van der Waals surface area contributed by atoms with Crippen LogP contribution >= 0.6 is 0 Å². The zero-order chi connectivity index (χ0) is 18.9. The second kappa shape index (κ2) is 6.99. The minimum Gasteiger partial charge on any atom is -0.504 e. The number of ether oxygens (including phenoxy) is 1. The lowest BCUT2D eigenvalue weighted by atomic mass is 10.1. The van der Waals surface area contributed by atoms with Crippen LogP contribution in [0.3, 0.4) is 0 Å². The molecule has 3 rings (SSSR count). The number of phenolic OH excluding ortho intramolecular Hbond substituents is 1. The number of halogens is 3. The number of nitrogens with one attached hydrogen (secondary N) is 1. The number of benzene rings is 1. The Morgan fingerprint density at radius 3 is 2.85 bits per heavy atom. The first kappa shape index (κ1) is 18.2. The molecule has 140 valence electrons. The van der Waals surface area contributed by atoms with Crippen LogP contribution in [0, 0.1) is 0 Å². The fourth-order valence-corrected chi connectivity index (χ4v) is 2.95. The number of phenols is 1. The van der Waals surface area contributed by atoms with Gasteiger partial charge in [0.05, 0.1) is 12.3 Å². The van der Waals surface area contributed by atoms with Gasteiger partial charge in [0.15, 0.2) is 11.5 Å². The monoisotopic (exact) mass is 369 g/mol. The lowest BCUT2D eigenvalue weighted by Crippen LogP contribution is -2.36. The molecule has 0 fully saturated rings. The smallest absolute Gasteiger partial charge is 0.449 e. The summed E-state index contributed by atoms with van der Waals surface area (Å²) in [7, 11) is 0. The zero-order valence-corrected chi connectivity index (χ0v) is 14.1. The number of aromatic hydroxyl groups is 1. The molecule has 1 aromatic carbocycles. The molecular weight excluding hydrogens is 351 g/mol. The summed E-state index contributed by atoms with van der Waals surface area (Å²) in [5, 5.41) is 9.75. The van der Waals surface area contributed by atoms with Crippen LogP contribution in [0.4, 0.5) is 13.2 Å². The molecule has 0 atom stereocenters. The average molecular weight is 369 g/mol. The SMILES string of the molecule is CCOc1cc(CN2CCc3c(nc(C(F)(F)F)[nH]c3=O)C2)ccc1O. The summed E-state index contributed by atoms with van der Waals surface area (Å²) in [5.74, 6) is -0.884. The maximum Gasteiger partial charge on any atom is 0.449 e. The van der Waals surface area contributed by atoms with E-state index >= 15 is 0 Å². The molecule has 1 aliphatic rings. The van der Waals surface area contributed by atoms with E-state index in [0.717, 1.165) is 5.56 Å². The molecular formula is C17H18F3N3O3. The second-order valence-electron chi connectivity index (χ2n) is 6.03. The highest BCUT2D eigenvalue weighted by atomic mass is 19.4. The summed E-state index contributed by atoms with van der Waals surface area (Å²) in [6.07, 6.45) is -4.37. The van der Waals surface area contributed by atoms with Crippen molar-refractivity contribution < 1.29 is 23.0 Å². The largest absolute Gasteiger partial charge is 0.504 e. The number of fused-ring (bicyclic) bond motifs is 1. The van der Waals surface area contributed by atoms with Crippen molar-refractivity contribution in [3.05, 3.63) is 51.2 Å². The van der Waals surface area contributed by atoms with Gasteiger partial charge in [-0.15, -0.1) is 0 Å². The zero-order valence-electron chi connectivity index (χ0n) is 14.1. The van der Waals surface area contributed by atoms with E-state index in [-0.39, 0.29) is 18.0 Å². The maximum atomic E-state index is 12.9. The Balaban J connectivity index is 1.81.